The average molecular weight is 358 g/mol. The highest BCUT2D eigenvalue weighted by Crippen LogP contribution is 2.41. The molecular weight excluding hydrogens is 338 g/mol. The Hall–Kier alpha value is -0.550. The van der Waals surface area contributed by atoms with Crippen molar-refractivity contribution in [2.45, 2.75) is 43.4 Å². The van der Waals surface area contributed by atoms with Crippen molar-refractivity contribution in [3.05, 3.63) is 34.4 Å². The van der Waals surface area contributed by atoms with E-state index in [-0.39, 0.29) is 10.6 Å². The van der Waals surface area contributed by atoms with Crippen LogP contribution in [0.15, 0.2) is 29.2 Å². The number of alkyl halides is 1. The largest absolute Gasteiger partial charge is 0.269 e. The fourth-order valence-corrected chi connectivity index (χ4v) is 4.91. The van der Waals surface area contributed by atoms with Crippen LogP contribution in [-0.2, 0) is 0 Å². The molecule has 2 rings (SSSR count). The predicted molar refractivity (Wildman–Crippen MR) is 87.7 cm³/mol. The first-order chi connectivity index (χ1) is 9.65. The molecule has 3 nitrogen and oxygen atoms in total. The minimum Gasteiger partial charge on any atom is -0.258 e. The van der Waals surface area contributed by atoms with E-state index in [1.54, 1.807) is 12.1 Å². The summed E-state index contributed by atoms with van der Waals surface area (Å²) in [5.74, 6) is 1.09. The number of nitro groups is 1. The molecule has 0 saturated heterocycles. The van der Waals surface area contributed by atoms with Gasteiger partial charge in [0.1, 0.15) is 0 Å². The van der Waals surface area contributed by atoms with Gasteiger partial charge in [-0.1, -0.05) is 41.6 Å². The average Bonchev–Trinajstić information content (AvgIpc) is 2.72. The third kappa shape index (κ3) is 4.22. The fourth-order valence-electron chi connectivity index (χ4n) is 2.70. The van der Waals surface area contributed by atoms with Crippen LogP contribution in [0, 0.1) is 15.5 Å². The van der Waals surface area contributed by atoms with E-state index in [2.05, 4.69) is 15.9 Å². The standard InChI is InChI=1S/C15H20BrNO2S/c16-11-15(9-3-1-2-4-10-15)12-20-14-7-5-13(6-8-14)17(18)19/h5-8H,1-4,9-12H2. The Morgan fingerprint density at radius 3 is 2.25 bits per heavy atom. The summed E-state index contributed by atoms with van der Waals surface area (Å²) in [6.07, 6.45) is 7.95. The van der Waals surface area contributed by atoms with E-state index < -0.39 is 0 Å². The summed E-state index contributed by atoms with van der Waals surface area (Å²) >= 11 is 5.53. The zero-order chi connectivity index (χ0) is 14.4. The molecule has 20 heavy (non-hydrogen) atoms. The lowest BCUT2D eigenvalue weighted by Gasteiger charge is -2.30. The third-order valence-corrected chi connectivity index (χ3v) is 6.59. The Balaban J connectivity index is 1.96. The summed E-state index contributed by atoms with van der Waals surface area (Å²) in [5, 5.41) is 11.7. The molecule has 1 aliphatic carbocycles. The van der Waals surface area contributed by atoms with Crippen molar-refractivity contribution in [3.63, 3.8) is 0 Å². The van der Waals surface area contributed by atoms with Crippen LogP contribution < -0.4 is 0 Å². The quantitative estimate of drug-likeness (QED) is 0.232. The van der Waals surface area contributed by atoms with Gasteiger partial charge in [-0.2, -0.15) is 0 Å². The molecule has 5 heteroatoms. The smallest absolute Gasteiger partial charge is 0.258 e. The zero-order valence-electron chi connectivity index (χ0n) is 11.5. The number of nitro benzene ring substituents is 1. The van der Waals surface area contributed by atoms with Crippen LogP contribution in [0.2, 0.25) is 0 Å². The highest BCUT2D eigenvalue weighted by atomic mass is 79.9. The molecule has 110 valence electrons. The van der Waals surface area contributed by atoms with Gasteiger partial charge in [0, 0.05) is 28.1 Å². The SMILES string of the molecule is O=[N+]([O-])c1ccc(SCC2(CBr)CCCCCC2)cc1. The first-order valence-electron chi connectivity index (χ1n) is 7.08. The van der Waals surface area contributed by atoms with Gasteiger partial charge in [0.2, 0.25) is 0 Å². The molecular formula is C15H20BrNO2S. The van der Waals surface area contributed by atoms with E-state index in [0.29, 0.717) is 5.41 Å². The first-order valence-corrected chi connectivity index (χ1v) is 9.19. The lowest BCUT2D eigenvalue weighted by molar-refractivity contribution is -0.384. The lowest BCUT2D eigenvalue weighted by atomic mass is 9.85. The molecule has 0 aromatic heterocycles. The summed E-state index contributed by atoms with van der Waals surface area (Å²) in [6.45, 7) is 0. The Bertz CT molecular complexity index is 442. The second-order valence-corrected chi connectivity index (χ2v) is 7.20. The van der Waals surface area contributed by atoms with Crippen LogP contribution in [0.5, 0.6) is 0 Å². The maximum absolute atomic E-state index is 10.6. The van der Waals surface area contributed by atoms with Gasteiger partial charge >= 0.3 is 0 Å². The molecule has 1 aliphatic rings. The number of benzene rings is 1. The van der Waals surface area contributed by atoms with Crippen LogP contribution in [0.25, 0.3) is 0 Å². The number of non-ortho nitro benzene ring substituents is 1. The van der Waals surface area contributed by atoms with Crippen molar-refractivity contribution < 1.29 is 4.92 Å². The maximum atomic E-state index is 10.6. The monoisotopic (exact) mass is 357 g/mol. The first kappa shape index (κ1) is 15.8. The minimum absolute atomic E-state index is 0.166. The summed E-state index contributed by atoms with van der Waals surface area (Å²) in [6, 6.07) is 6.91. The van der Waals surface area contributed by atoms with Crippen LogP contribution in [0.4, 0.5) is 5.69 Å². The predicted octanol–water partition coefficient (Wildman–Crippen LogP) is 5.42. The molecule has 0 amide bonds. The van der Waals surface area contributed by atoms with Gasteiger partial charge in [-0.05, 0) is 30.4 Å². The van der Waals surface area contributed by atoms with E-state index in [0.717, 1.165) is 16.0 Å². The topological polar surface area (TPSA) is 43.1 Å². The van der Waals surface area contributed by atoms with E-state index in [4.69, 9.17) is 0 Å². The van der Waals surface area contributed by atoms with E-state index >= 15 is 0 Å². The fraction of sp³-hybridized carbons (Fsp3) is 0.600. The van der Waals surface area contributed by atoms with E-state index in [9.17, 15) is 10.1 Å². The Morgan fingerprint density at radius 1 is 1.15 bits per heavy atom. The van der Waals surface area contributed by atoms with Crippen molar-refractivity contribution in [1.29, 1.82) is 0 Å². The van der Waals surface area contributed by atoms with Crippen molar-refractivity contribution >= 4 is 33.4 Å². The van der Waals surface area contributed by atoms with Crippen LogP contribution in [-0.4, -0.2) is 16.0 Å². The highest BCUT2D eigenvalue weighted by molar-refractivity contribution is 9.09. The second-order valence-electron chi connectivity index (χ2n) is 5.59. The molecule has 1 fully saturated rings. The number of hydrogen-bond donors (Lipinski definition) is 0. The van der Waals surface area contributed by atoms with E-state index in [1.807, 2.05) is 23.9 Å². The van der Waals surface area contributed by atoms with Gasteiger partial charge < -0.3 is 0 Å². The van der Waals surface area contributed by atoms with Crippen molar-refractivity contribution in [3.8, 4) is 0 Å². The molecule has 1 aromatic carbocycles. The van der Waals surface area contributed by atoms with Crippen LogP contribution in [0.1, 0.15) is 38.5 Å². The van der Waals surface area contributed by atoms with Crippen molar-refractivity contribution in [2.75, 3.05) is 11.1 Å². The Morgan fingerprint density at radius 2 is 1.75 bits per heavy atom. The van der Waals surface area contributed by atoms with Crippen molar-refractivity contribution in [1.82, 2.24) is 0 Å². The number of hydrogen-bond acceptors (Lipinski definition) is 3. The van der Waals surface area contributed by atoms with Crippen LogP contribution >= 0.6 is 27.7 Å². The normalized spacial score (nSPS) is 18.4. The molecule has 0 spiro atoms. The Kier molecular flexibility index (Phi) is 5.90. The maximum Gasteiger partial charge on any atom is 0.269 e. The summed E-state index contributed by atoms with van der Waals surface area (Å²) in [4.78, 5) is 11.4. The van der Waals surface area contributed by atoms with Gasteiger partial charge in [-0.3, -0.25) is 10.1 Å². The second kappa shape index (κ2) is 7.46. The minimum atomic E-state index is -0.347. The number of halogens is 1. The molecule has 0 aliphatic heterocycles. The Labute approximate surface area is 132 Å². The van der Waals surface area contributed by atoms with E-state index in [1.165, 1.54) is 38.5 Å². The molecule has 0 unspecified atom stereocenters. The molecule has 0 radical (unpaired) electrons. The number of thioether (sulfide) groups is 1. The lowest BCUT2D eigenvalue weighted by Crippen LogP contribution is -2.25. The summed E-state index contributed by atoms with van der Waals surface area (Å²) in [5.41, 5.74) is 0.558. The number of nitrogens with zero attached hydrogens (tertiary/aromatic N) is 1. The molecule has 0 atom stereocenters. The summed E-state index contributed by atoms with van der Waals surface area (Å²) < 4.78 is 0. The molecule has 0 heterocycles. The molecule has 0 N–H and O–H groups in total. The summed E-state index contributed by atoms with van der Waals surface area (Å²) in [7, 11) is 0. The highest BCUT2D eigenvalue weighted by Gasteiger charge is 2.29. The van der Waals surface area contributed by atoms with Gasteiger partial charge in [-0.25, -0.2) is 0 Å². The molecule has 1 saturated carbocycles. The third-order valence-electron chi connectivity index (χ3n) is 4.04. The van der Waals surface area contributed by atoms with Gasteiger partial charge in [-0.15, -0.1) is 11.8 Å². The van der Waals surface area contributed by atoms with Crippen LogP contribution in [0.3, 0.4) is 0 Å². The number of rotatable bonds is 5. The molecule has 1 aromatic rings. The van der Waals surface area contributed by atoms with Gasteiger partial charge in [0.25, 0.3) is 5.69 Å². The van der Waals surface area contributed by atoms with Gasteiger partial charge in [0.05, 0.1) is 4.92 Å². The van der Waals surface area contributed by atoms with Crippen molar-refractivity contribution in [2.24, 2.45) is 5.41 Å². The zero-order valence-corrected chi connectivity index (χ0v) is 13.9. The molecule has 0 bridgehead atoms. The van der Waals surface area contributed by atoms with Gasteiger partial charge in [0.15, 0.2) is 0 Å².